The maximum absolute atomic E-state index is 11.8. The molecule has 1 heterocycles. The van der Waals surface area contributed by atoms with E-state index in [1.807, 2.05) is 30.3 Å². The fourth-order valence-corrected chi connectivity index (χ4v) is 2.61. The molecule has 0 aliphatic carbocycles. The Morgan fingerprint density at radius 1 is 1.25 bits per heavy atom. The summed E-state index contributed by atoms with van der Waals surface area (Å²) in [7, 11) is 0. The first-order valence-electron chi connectivity index (χ1n) is 6.41. The molecule has 2 N–H and O–H groups in total. The van der Waals surface area contributed by atoms with Gasteiger partial charge in [0.25, 0.3) is 0 Å². The fourth-order valence-electron chi connectivity index (χ4n) is 1.74. The highest BCUT2D eigenvalue weighted by atomic mass is 32.2. The summed E-state index contributed by atoms with van der Waals surface area (Å²) in [5.41, 5.74) is 0. The Hall–Kier alpha value is -1.72. The Morgan fingerprint density at radius 2 is 2.05 bits per heavy atom. The first kappa shape index (κ1) is 14.7. The monoisotopic (exact) mass is 291 g/mol. The van der Waals surface area contributed by atoms with Crippen molar-refractivity contribution in [3.05, 3.63) is 54.5 Å². The molecular weight excluding hydrogens is 274 g/mol. The number of amides is 1. The molecule has 0 radical (unpaired) electrons. The number of carbonyl (C=O) groups is 1. The zero-order chi connectivity index (χ0) is 14.2. The van der Waals surface area contributed by atoms with E-state index in [4.69, 9.17) is 4.42 Å². The van der Waals surface area contributed by atoms with Crippen molar-refractivity contribution in [2.45, 2.75) is 17.4 Å². The molecule has 1 unspecified atom stereocenters. The molecule has 0 bridgehead atoms. The van der Waals surface area contributed by atoms with Gasteiger partial charge >= 0.3 is 0 Å². The molecule has 1 atom stereocenters. The first-order chi connectivity index (χ1) is 9.79. The summed E-state index contributed by atoms with van der Waals surface area (Å²) in [4.78, 5) is 13.0. The Labute approximate surface area is 122 Å². The summed E-state index contributed by atoms with van der Waals surface area (Å²) in [6, 6.07) is 12.9. The third kappa shape index (κ3) is 4.43. The lowest BCUT2D eigenvalue weighted by Gasteiger charge is -2.13. The highest BCUT2D eigenvalue weighted by Crippen LogP contribution is 2.18. The molecule has 5 heteroatoms. The molecule has 1 amide bonds. The molecule has 2 aromatic rings. The van der Waals surface area contributed by atoms with Crippen LogP contribution in [0.2, 0.25) is 0 Å². The van der Waals surface area contributed by atoms with Crippen molar-refractivity contribution in [3.63, 3.8) is 0 Å². The third-order valence-corrected chi connectivity index (χ3v) is 3.76. The smallest absolute Gasteiger partial charge is 0.221 e. The second-order valence-corrected chi connectivity index (χ2v) is 5.40. The van der Waals surface area contributed by atoms with Gasteiger partial charge in [0.15, 0.2) is 0 Å². The third-order valence-electron chi connectivity index (χ3n) is 2.75. The van der Waals surface area contributed by atoms with Crippen molar-refractivity contribution >= 4 is 17.7 Å². The summed E-state index contributed by atoms with van der Waals surface area (Å²) >= 11 is 1.63. The highest BCUT2D eigenvalue weighted by molar-refractivity contribution is 7.99. The van der Waals surface area contributed by atoms with Crippen LogP contribution in [0.5, 0.6) is 0 Å². The van der Waals surface area contributed by atoms with Gasteiger partial charge in [0.2, 0.25) is 5.91 Å². The van der Waals surface area contributed by atoms with Gasteiger partial charge in [-0.3, -0.25) is 4.79 Å². The van der Waals surface area contributed by atoms with Gasteiger partial charge in [0.05, 0.1) is 12.9 Å². The van der Waals surface area contributed by atoms with Crippen LogP contribution in [-0.2, 0) is 4.79 Å². The highest BCUT2D eigenvalue weighted by Gasteiger charge is 2.15. The lowest BCUT2D eigenvalue weighted by atomic mass is 10.2. The summed E-state index contributed by atoms with van der Waals surface area (Å²) in [5, 5.41) is 12.0. The SMILES string of the molecule is O=C(CCSc1ccccc1)NC(CO)c1ccco1. The average molecular weight is 291 g/mol. The average Bonchev–Trinajstić information content (AvgIpc) is 3.00. The van der Waals surface area contributed by atoms with Crippen LogP contribution in [-0.4, -0.2) is 23.4 Å². The van der Waals surface area contributed by atoms with E-state index in [0.717, 1.165) is 4.90 Å². The molecule has 0 saturated heterocycles. The molecule has 20 heavy (non-hydrogen) atoms. The maximum Gasteiger partial charge on any atom is 0.221 e. The van der Waals surface area contributed by atoms with Gasteiger partial charge in [0.1, 0.15) is 11.8 Å². The summed E-state index contributed by atoms with van der Waals surface area (Å²) < 4.78 is 5.18. The van der Waals surface area contributed by atoms with Crippen LogP contribution in [0.1, 0.15) is 18.2 Å². The number of aliphatic hydroxyl groups is 1. The minimum absolute atomic E-state index is 0.0936. The largest absolute Gasteiger partial charge is 0.467 e. The number of hydrogen-bond acceptors (Lipinski definition) is 4. The number of furan rings is 1. The minimum Gasteiger partial charge on any atom is -0.467 e. The second-order valence-electron chi connectivity index (χ2n) is 4.23. The van der Waals surface area contributed by atoms with Crippen molar-refractivity contribution in [2.75, 3.05) is 12.4 Å². The van der Waals surface area contributed by atoms with Crippen LogP contribution in [0.15, 0.2) is 58.0 Å². The van der Waals surface area contributed by atoms with Gasteiger partial charge < -0.3 is 14.8 Å². The molecule has 1 aromatic carbocycles. The van der Waals surface area contributed by atoms with Gasteiger partial charge in [-0.2, -0.15) is 0 Å². The Balaban J connectivity index is 1.75. The minimum atomic E-state index is -0.473. The molecule has 0 aliphatic rings. The van der Waals surface area contributed by atoms with E-state index in [1.54, 1.807) is 23.9 Å². The Bertz CT molecular complexity index is 513. The zero-order valence-electron chi connectivity index (χ0n) is 11.0. The number of aliphatic hydroxyl groups excluding tert-OH is 1. The number of nitrogens with one attached hydrogen (secondary N) is 1. The van der Waals surface area contributed by atoms with Crippen LogP contribution >= 0.6 is 11.8 Å². The van der Waals surface area contributed by atoms with Crippen LogP contribution in [0.3, 0.4) is 0 Å². The van der Waals surface area contributed by atoms with Gasteiger partial charge in [-0.1, -0.05) is 18.2 Å². The van der Waals surface area contributed by atoms with E-state index in [2.05, 4.69) is 5.32 Å². The number of hydrogen-bond donors (Lipinski definition) is 2. The molecule has 106 valence electrons. The molecule has 0 fully saturated rings. The van der Waals surface area contributed by atoms with E-state index in [1.165, 1.54) is 6.26 Å². The summed E-state index contributed by atoms with van der Waals surface area (Å²) in [6.07, 6.45) is 1.92. The lowest BCUT2D eigenvalue weighted by Crippen LogP contribution is -2.30. The van der Waals surface area contributed by atoms with E-state index >= 15 is 0 Å². The molecule has 0 aliphatic heterocycles. The predicted molar refractivity (Wildman–Crippen MR) is 78.5 cm³/mol. The lowest BCUT2D eigenvalue weighted by molar-refractivity contribution is -0.121. The van der Waals surface area contributed by atoms with Gasteiger partial charge in [-0.05, 0) is 24.3 Å². The first-order valence-corrected chi connectivity index (χ1v) is 7.39. The topological polar surface area (TPSA) is 62.5 Å². The van der Waals surface area contributed by atoms with Crippen LogP contribution in [0.25, 0.3) is 0 Å². The molecule has 0 spiro atoms. The standard InChI is InChI=1S/C15H17NO3S/c17-11-13(14-7-4-9-19-14)16-15(18)8-10-20-12-5-2-1-3-6-12/h1-7,9,13,17H,8,10-11H2,(H,16,18). The molecule has 1 aromatic heterocycles. The maximum atomic E-state index is 11.8. The molecule has 0 saturated carbocycles. The molecule has 4 nitrogen and oxygen atoms in total. The van der Waals surface area contributed by atoms with Crippen molar-refractivity contribution in [1.29, 1.82) is 0 Å². The van der Waals surface area contributed by atoms with E-state index < -0.39 is 6.04 Å². The fraction of sp³-hybridized carbons (Fsp3) is 0.267. The van der Waals surface area contributed by atoms with Crippen molar-refractivity contribution < 1.29 is 14.3 Å². The van der Waals surface area contributed by atoms with Gasteiger partial charge in [0, 0.05) is 17.1 Å². The van der Waals surface area contributed by atoms with E-state index in [9.17, 15) is 9.90 Å². The number of benzene rings is 1. The van der Waals surface area contributed by atoms with Crippen LogP contribution in [0.4, 0.5) is 0 Å². The second kappa shape index (κ2) is 7.77. The summed E-state index contributed by atoms with van der Waals surface area (Å²) in [6.45, 7) is -0.176. The predicted octanol–water partition coefficient (Wildman–Crippen LogP) is 2.61. The van der Waals surface area contributed by atoms with Gasteiger partial charge in [-0.25, -0.2) is 0 Å². The Morgan fingerprint density at radius 3 is 2.70 bits per heavy atom. The number of thioether (sulfide) groups is 1. The van der Waals surface area contributed by atoms with Crippen LogP contribution < -0.4 is 5.32 Å². The van der Waals surface area contributed by atoms with E-state index in [0.29, 0.717) is 17.9 Å². The number of carbonyl (C=O) groups excluding carboxylic acids is 1. The molecule has 2 rings (SSSR count). The van der Waals surface area contributed by atoms with Crippen molar-refractivity contribution in [3.8, 4) is 0 Å². The van der Waals surface area contributed by atoms with Crippen molar-refractivity contribution in [2.24, 2.45) is 0 Å². The van der Waals surface area contributed by atoms with E-state index in [-0.39, 0.29) is 12.5 Å². The van der Waals surface area contributed by atoms with Gasteiger partial charge in [-0.15, -0.1) is 11.8 Å². The van der Waals surface area contributed by atoms with Crippen LogP contribution in [0, 0.1) is 0 Å². The summed E-state index contributed by atoms with van der Waals surface area (Å²) in [5.74, 6) is 1.17. The van der Waals surface area contributed by atoms with Crippen molar-refractivity contribution in [1.82, 2.24) is 5.32 Å². The number of rotatable bonds is 7. The normalized spacial score (nSPS) is 12.1. The zero-order valence-corrected chi connectivity index (χ0v) is 11.8. The molecular formula is C15H17NO3S. The quantitative estimate of drug-likeness (QED) is 0.770. The Kier molecular flexibility index (Phi) is 5.70.